The van der Waals surface area contributed by atoms with E-state index in [1.165, 1.54) is 12.8 Å². The minimum Gasteiger partial charge on any atom is -0.411 e. The molecule has 1 rings (SSSR count). The summed E-state index contributed by atoms with van der Waals surface area (Å²) in [5.41, 5.74) is 0.977. The summed E-state index contributed by atoms with van der Waals surface area (Å²) in [7, 11) is 0. The van der Waals surface area contributed by atoms with E-state index in [1.54, 1.807) is 0 Å². The first kappa shape index (κ1) is 5.60. The van der Waals surface area contributed by atoms with E-state index < -0.39 is 0 Å². The molecule has 1 atom stereocenters. The molecule has 0 amide bonds. The van der Waals surface area contributed by atoms with Crippen molar-refractivity contribution >= 4 is 5.71 Å². The molecule has 0 aromatic carbocycles. The van der Waals surface area contributed by atoms with E-state index >= 15 is 0 Å². The molecule has 0 saturated heterocycles. The molecular formula is C6H11NO. The van der Waals surface area contributed by atoms with Gasteiger partial charge in [-0.25, -0.2) is 0 Å². The van der Waals surface area contributed by atoms with Crippen molar-refractivity contribution in [3.63, 3.8) is 0 Å². The molecule has 1 aliphatic rings. The molecule has 0 heterocycles. The molecule has 0 radical (unpaired) electrons. The lowest BCUT2D eigenvalue weighted by Crippen LogP contribution is -2.00. The summed E-state index contributed by atoms with van der Waals surface area (Å²) >= 11 is 0. The van der Waals surface area contributed by atoms with Crippen molar-refractivity contribution in [3.8, 4) is 0 Å². The van der Waals surface area contributed by atoms with Crippen molar-refractivity contribution in [1.82, 2.24) is 0 Å². The zero-order valence-corrected chi connectivity index (χ0v) is 5.09. The van der Waals surface area contributed by atoms with Crippen LogP contribution in [0.4, 0.5) is 0 Å². The average Bonchev–Trinajstić information content (AvgIpc) is 2.14. The molecule has 1 N–H and O–H groups in total. The van der Waals surface area contributed by atoms with E-state index in [0.29, 0.717) is 5.92 Å². The maximum absolute atomic E-state index is 8.32. The molecular weight excluding hydrogens is 102 g/mol. The maximum atomic E-state index is 8.32. The van der Waals surface area contributed by atoms with Gasteiger partial charge in [0.2, 0.25) is 0 Å². The Kier molecular flexibility index (Phi) is 1.51. The Hall–Kier alpha value is -0.530. The predicted octanol–water partition coefficient (Wildman–Crippen LogP) is 1.64. The fourth-order valence-corrected chi connectivity index (χ4v) is 1.15. The van der Waals surface area contributed by atoms with Crippen LogP contribution >= 0.6 is 0 Å². The van der Waals surface area contributed by atoms with Crippen LogP contribution in [0.5, 0.6) is 0 Å². The van der Waals surface area contributed by atoms with Crippen LogP contribution in [-0.4, -0.2) is 10.9 Å². The second-order valence-corrected chi connectivity index (χ2v) is 2.38. The highest BCUT2D eigenvalue weighted by Crippen LogP contribution is 2.20. The van der Waals surface area contributed by atoms with E-state index in [9.17, 15) is 0 Å². The van der Waals surface area contributed by atoms with Gasteiger partial charge in [-0.2, -0.15) is 0 Å². The first-order valence-corrected chi connectivity index (χ1v) is 3.05. The molecule has 1 saturated carbocycles. The molecule has 8 heavy (non-hydrogen) atoms. The van der Waals surface area contributed by atoms with Crippen LogP contribution in [-0.2, 0) is 0 Å². The Labute approximate surface area is 49.2 Å². The highest BCUT2D eigenvalue weighted by atomic mass is 16.4. The number of hydrogen-bond donors (Lipinski definition) is 1. The molecule has 1 unspecified atom stereocenters. The van der Waals surface area contributed by atoms with Gasteiger partial charge in [-0.15, -0.1) is 0 Å². The Morgan fingerprint density at radius 3 is 2.75 bits per heavy atom. The molecule has 0 aromatic heterocycles. The van der Waals surface area contributed by atoms with Crippen molar-refractivity contribution in [1.29, 1.82) is 0 Å². The fraction of sp³-hybridized carbons (Fsp3) is 0.833. The summed E-state index contributed by atoms with van der Waals surface area (Å²) in [4.78, 5) is 0. The summed E-state index contributed by atoms with van der Waals surface area (Å²) in [6.07, 6.45) is 3.39. The molecule has 0 aromatic rings. The molecule has 0 aliphatic heterocycles. The van der Waals surface area contributed by atoms with E-state index in [0.717, 1.165) is 12.1 Å². The zero-order valence-electron chi connectivity index (χ0n) is 5.09. The minimum atomic E-state index is 0.528. The Morgan fingerprint density at radius 2 is 2.50 bits per heavy atom. The minimum absolute atomic E-state index is 0.528. The fourth-order valence-electron chi connectivity index (χ4n) is 1.15. The van der Waals surface area contributed by atoms with E-state index in [1.807, 2.05) is 0 Å². The Morgan fingerprint density at radius 1 is 1.75 bits per heavy atom. The molecule has 46 valence electrons. The largest absolute Gasteiger partial charge is 0.411 e. The third-order valence-electron chi connectivity index (χ3n) is 1.77. The number of hydrogen-bond acceptors (Lipinski definition) is 2. The van der Waals surface area contributed by atoms with Gasteiger partial charge in [0, 0.05) is 0 Å². The maximum Gasteiger partial charge on any atom is 0.0598 e. The van der Waals surface area contributed by atoms with Crippen molar-refractivity contribution < 1.29 is 5.21 Å². The lowest BCUT2D eigenvalue weighted by atomic mass is 10.1. The monoisotopic (exact) mass is 113 g/mol. The molecule has 0 spiro atoms. The Bertz CT molecular complexity index is 109. The highest BCUT2D eigenvalue weighted by Gasteiger charge is 2.17. The smallest absolute Gasteiger partial charge is 0.0598 e. The van der Waals surface area contributed by atoms with Crippen LogP contribution in [0.2, 0.25) is 0 Å². The van der Waals surface area contributed by atoms with Gasteiger partial charge in [-0.1, -0.05) is 12.1 Å². The number of nitrogens with zero attached hydrogens (tertiary/aromatic N) is 1. The quantitative estimate of drug-likeness (QED) is 0.376. The second-order valence-electron chi connectivity index (χ2n) is 2.38. The van der Waals surface area contributed by atoms with Crippen molar-refractivity contribution in [2.45, 2.75) is 26.2 Å². The highest BCUT2D eigenvalue weighted by molar-refractivity contribution is 5.87. The van der Waals surface area contributed by atoms with Gasteiger partial charge in [-0.05, 0) is 25.2 Å². The number of oxime groups is 1. The lowest BCUT2D eigenvalue weighted by molar-refractivity contribution is 0.315. The van der Waals surface area contributed by atoms with Crippen molar-refractivity contribution in [2.24, 2.45) is 11.1 Å². The van der Waals surface area contributed by atoms with E-state index in [2.05, 4.69) is 12.1 Å². The van der Waals surface area contributed by atoms with Gasteiger partial charge in [0.15, 0.2) is 0 Å². The van der Waals surface area contributed by atoms with Gasteiger partial charge < -0.3 is 5.21 Å². The van der Waals surface area contributed by atoms with Gasteiger partial charge in [0.05, 0.1) is 5.71 Å². The molecule has 2 heteroatoms. The summed E-state index contributed by atoms with van der Waals surface area (Å²) in [5.74, 6) is 0.528. The topological polar surface area (TPSA) is 32.6 Å². The standard InChI is InChI=1S/C6H11NO/c1-5-3-2-4-6(5)7-8/h5,8H,2-4H2,1H3/b7-6-. The average molecular weight is 113 g/mol. The molecule has 1 fully saturated rings. The molecule has 0 bridgehead atoms. The first-order chi connectivity index (χ1) is 3.84. The van der Waals surface area contributed by atoms with Gasteiger partial charge in [-0.3, -0.25) is 0 Å². The normalized spacial score (nSPS) is 34.1. The summed E-state index contributed by atoms with van der Waals surface area (Å²) in [5, 5.41) is 11.5. The number of rotatable bonds is 0. The van der Waals surface area contributed by atoms with E-state index in [4.69, 9.17) is 5.21 Å². The van der Waals surface area contributed by atoms with Crippen LogP contribution in [0.3, 0.4) is 0 Å². The SMILES string of the molecule is CC1CCC/C1=N/O. The Balaban J connectivity index is 2.55. The van der Waals surface area contributed by atoms with Crippen LogP contribution < -0.4 is 0 Å². The van der Waals surface area contributed by atoms with Crippen LogP contribution in [0, 0.1) is 5.92 Å². The predicted molar refractivity (Wildman–Crippen MR) is 32.2 cm³/mol. The third-order valence-corrected chi connectivity index (χ3v) is 1.77. The second kappa shape index (κ2) is 2.16. The van der Waals surface area contributed by atoms with Crippen LogP contribution in [0.25, 0.3) is 0 Å². The first-order valence-electron chi connectivity index (χ1n) is 3.05. The lowest BCUT2D eigenvalue weighted by Gasteiger charge is -1.96. The van der Waals surface area contributed by atoms with E-state index in [-0.39, 0.29) is 0 Å². The van der Waals surface area contributed by atoms with Crippen LogP contribution in [0.15, 0.2) is 5.16 Å². The van der Waals surface area contributed by atoms with Gasteiger partial charge >= 0.3 is 0 Å². The third kappa shape index (κ3) is 0.831. The zero-order chi connectivity index (χ0) is 5.98. The van der Waals surface area contributed by atoms with Crippen molar-refractivity contribution in [3.05, 3.63) is 0 Å². The summed E-state index contributed by atoms with van der Waals surface area (Å²) < 4.78 is 0. The van der Waals surface area contributed by atoms with Gasteiger partial charge in [0.25, 0.3) is 0 Å². The summed E-state index contributed by atoms with van der Waals surface area (Å²) in [6.45, 7) is 2.10. The van der Waals surface area contributed by atoms with Crippen molar-refractivity contribution in [2.75, 3.05) is 0 Å². The summed E-state index contributed by atoms with van der Waals surface area (Å²) in [6, 6.07) is 0. The molecule has 1 aliphatic carbocycles. The van der Waals surface area contributed by atoms with Crippen LogP contribution in [0.1, 0.15) is 26.2 Å². The van der Waals surface area contributed by atoms with Gasteiger partial charge in [0.1, 0.15) is 0 Å². The molecule has 2 nitrogen and oxygen atoms in total.